The molecule has 0 spiro atoms. The number of rotatable bonds is 5. The van der Waals surface area contributed by atoms with E-state index < -0.39 is 17.4 Å². The summed E-state index contributed by atoms with van der Waals surface area (Å²) < 4.78 is 5.32. The lowest BCUT2D eigenvalue weighted by atomic mass is 9.84. The third-order valence-electron chi connectivity index (χ3n) is 4.69. The predicted molar refractivity (Wildman–Crippen MR) is 112 cm³/mol. The molecule has 9 heteroatoms. The van der Waals surface area contributed by atoms with Gasteiger partial charge in [-0.3, -0.25) is 24.5 Å². The molecule has 1 aliphatic carbocycles. The first-order chi connectivity index (χ1) is 14.8. The Kier molecular flexibility index (Phi) is 5.22. The minimum absolute atomic E-state index is 0.00134. The molecule has 1 aliphatic rings. The fraction of sp³-hybridized carbons (Fsp3) is 0.0455. The number of anilines is 1. The molecule has 1 amide bonds. The summed E-state index contributed by atoms with van der Waals surface area (Å²) in [5.74, 6) is -0.968. The Balaban J connectivity index is 1.47. The van der Waals surface area contributed by atoms with E-state index >= 15 is 0 Å². The molecule has 0 radical (unpaired) electrons. The van der Waals surface area contributed by atoms with Gasteiger partial charge in [-0.1, -0.05) is 35.9 Å². The number of amides is 1. The number of non-ortho nitro benzene ring substituents is 1. The summed E-state index contributed by atoms with van der Waals surface area (Å²) in [5.41, 5.74) is 1.28. The number of nitrogens with zero attached hydrogens (tertiary/aromatic N) is 1. The molecular formula is C22H13ClN2O6. The van der Waals surface area contributed by atoms with Crippen molar-refractivity contribution in [2.24, 2.45) is 0 Å². The summed E-state index contributed by atoms with van der Waals surface area (Å²) >= 11 is 5.94. The Morgan fingerprint density at radius 2 is 1.58 bits per heavy atom. The van der Waals surface area contributed by atoms with Crippen LogP contribution in [0.1, 0.15) is 31.8 Å². The van der Waals surface area contributed by atoms with Crippen molar-refractivity contribution in [2.45, 2.75) is 0 Å². The third kappa shape index (κ3) is 3.88. The summed E-state index contributed by atoms with van der Waals surface area (Å²) in [7, 11) is 0. The SMILES string of the molecule is O=C(COc1ccc([N+](=O)[O-])cc1Cl)Nc1ccc2c(c1)C(=O)c1ccccc1C2=O. The van der Waals surface area contributed by atoms with E-state index in [9.17, 15) is 24.5 Å². The molecule has 0 unspecified atom stereocenters. The standard InChI is InChI=1S/C22H13ClN2O6/c23-18-10-13(25(29)30)6-8-19(18)31-11-20(26)24-12-5-7-16-17(9-12)22(28)15-4-2-1-3-14(15)21(16)27/h1-10H,11H2,(H,24,26). The van der Waals surface area contributed by atoms with Gasteiger partial charge >= 0.3 is 0 Å². The molecule has 0 heterocycles. The molecular weight excluding hydrogens is 424 g/mol. The van der Waals surface area contributed by atoms with Crippen LogP contribution in [0.15, 0.2) is 60.7 Å². The first-order valence-electron chi connectivity index (χ1n) is 9.04. The van der Waals surface area contributed by atoms with Gasteiger partial charge in [0.05, 0.1) is 9.95 Å². The minimum atomic E-state index is -0.594. The second kappa shape index (κ2) is 8.00. The first kappa shape index (κ1) is 20.2. The van der Waals surface area contributed by atoms with Crippen LogP contribution in [0.3, 0.4) is 0 Å². The molecule has 1 N–H and O–H groups in total. The highest BCUT2D eigenvalue weighted by molar-refractivity contribution is 6.32. The lowest BCUT2D eigenvalue weighted by Gasteiger charge is -2.18. The maximum Gasteiger partial charge on any atom is 0.271 e. The number of nitrogens with one attached hydrogen (secondary N) is 1. The summed E-state index contributed by atoms with van der Waals surface area (Å²) in [6.45, 7) is -0.412. The lowest BCUT2D eigenvalue weighted by molar-refractivity contribution is -0.384. The van der Waals surface area contributed by atoms with E-state index in [1.54, 1.807) is 24.3 Å². The summed E-state index contributed by atoms with van der Waals surface area (Å²) in [5, 5.41) is 13.3. The number of nitro benzene ring substituents is 1. The van der Waals surface area contributed by atoms with Gasteiger partial charge in [0.1, 0.15) is 5.75 Å². The van der Waals surface area contributed by atoms with Gasteiger partial charge in [-0.15, -0.1) is 0 Å². The van der Waals surface area contributed by atoms with Gasteiger partial charge in [0.15, 0.2) is 18.2 Å². The molecule has 0 aliphatic heterocycles. The van der Waals surface area contributed by atoms with Crippen LogP contribution in [0, 0.1) is 10.1 Å². The number of carbonyl (C=O) groups excluding carboxylic acids is 3. The van der Waals surface area contributed by atoms with Crippen molar-refractivity contribution in [1.82, 2.24) is 0 Å². The Morgan fingerprint density at radius 1 is 0.935 bits per heavy atom. The van der Waals surface area contributed by atoms with Crippen LogP contribution in [-0.4, -0.2) is 29.0 Å². The van der Waals surface area contributed by atoms with Gasteiger partial charge in [0.25, 0.3) is 11.6 Å². The zero-order valence-corrected chi connectivity index (χ0v) is 16.5. The molecule has 31 heavy (non-hydrogen) atoms. The number of ether oxygens (including phenoxy) is 1. The average Bonchev–Trinajstić information content (AvgIpc) is 2.76. The van der Waals surface area contributed by atoms with E-state index in [-0.39, 0.29) is 39.2 Å². The van der Waals surface area contributed by atoms with Crippen molar-refractivity contribution < 1.29 is 24.0 Å². The van der Waals surface area contributed by atoms with Gasteiger partial charge in [-0.25, -0.2) is 0 Å². The van der Waals surface area contributed by atoms with Crippen LogP contribution in [0.4, 0.5) is 11.4 Å². The number of hydrogen-bond donors (Lipinski definition) is 1. The zero-order chi connectivity index (χ0) is 22.1. The van der Waals surface area contributed by atoms with Crippen LogP contribution in [0.5, 0.6) is 5.75 Å². The maximum absolute atomic E-state index is 12.8. The highest BCUT2D eigenvalue weighted by Gasteiger charge is 2.29. The van der Waals surface area contributed by atoms with Crippen molar-refractivity contribution in [1.29, 1.82) is 0 Å². The van der Waals surface area contributed by atoms with E-state index in [2.05, 4.69) is 5.32 Å². The Hall–Kier alpha value is -4.04. The number of ketones is 2. The van der Waals surface area contributed by atoms with Crippen LogP contribution in [0.25, 0.3) is 0 Å². The van der Waals surface area contributed by atoms with E-state index in [1.165, 1.54) is 30.3 Å². The topological polar surface area (TPSA) is 116 Å². The molecule has 0 aromatic heterocycles. The number of fused-ring (bicyclic) bond motifs is 2. The molecule has 154 valence electrons. The van der Waals surface area contributed by atoms with E-state index in [0.717, 1.165) is 6.07 Å². The fourth-order valence-corrected chi connectivity index (χ4v) is 3.47. The van der Waals surface area contributed by atoms with E-state index in [4.69, 9.17) is 16.3 Å². The van der Waals surface area contributed by atoms with Gasteiger partial charge in [0, 0.05) is 40.1 Å². The molecule has 3 aromatic carbocycles. The molecule has 0 saturated heterocycles. The largest absolute Gasteiger partial charge is 0.482 e. The van der Waals surface area contributed by atoms with Crippen molar-refractivity contribution in [3.05, 3.63) is 98.1 Å². The van der Waals surface area contributed by atoms with Gasteiger partial charge in [0.2, 0.25) is 0 Å². The first-order valence-corrected chi connectivity index (χ1v) is 9.42. The van der Waals surface area contributed by atoms with Crippen LogP contribution >= 0.6 is 11.6 Å². The summed E-state index contributed by atoms with van der Waals surface area (Å²) in [4.78, 5) is 47.8. The Bertz CT molecular complexity index is 1270. The third-order valence-corrected chi connectivity index (χ3v) is 4.99. The van der Waals surface area contributed by atoms with Gasteiger partial charge in [-0.2, -0.15) is 0 Å². The molecule has 0 bridgehead atoms. The number of carbonyl (C=O) groups is 3. The fourth-order valence-electron chi connectivity index (χ4n) is 3.24. The van der Waals surface area contributed by atoms with Crippen LogP contribution in [0.2, 0.25) is 5.02 Å². The number of hydrogen-bond acceptors (Lipinski definition) is 6. The average molecular weight is 437 g/mol. The molecule has 4 rings (SSSR count). The van der Waals surface area contributed by atoms with Gasteiger partial charge < -0.3 is 10.1 Å². The monoisotopic (exact) mass is 436 g/mol. The highest BCUT2D eigenvalue weighted by atomic mass is 35.5. The summed E-state index contributed by atoms with van der Waals surface area (Å²) in [6, 6.07) is 14.7. The molecule has 8 nitrogen and oxygen atoms in total. The number of nitro groups is 1. The van der Waals surface area contributed by atoms with E-state index in [0.29, 0.717) is 16.8 Å². The van der Waals surface area contributed by atoms with Gasteiger partial charge in [-0.05, 0) is 24.3 Å². The highest BCUT2D eigenvalue weighted by Crippen LogP contribution is 2.30. The van der Waals surface area contributed by atoms with Crippen molar-refractivity contribution in [3.63, 3.8) is 0 Å². The lowest BCUT2D eigenvalue weighted by Crippen LogP contribution is -2.23. The zero-order valence-electron chi connectivity index (χ0n) is 15.8. The minimum Gasteiger partial charge on any atom is -0.482 e. The van der Waals surface area contributed by atoms with Crippen molar-refractivity contribution >= 4 is 40.4 Å². The predicted octanol–water partition coefficient (Wildman–Crippen LogP) is 4.04. The molecule has 0 atom stereocenters. The smallest absolute Gasteiger partial charge is 0.271 e. The second-order valence-electron chi connectivity index (χ2n) is 6.67. The normalized spacial score (nSPS) is 12.0. The van der Waals surface area contributed by atoms with E-state index in [1.807, 2.05) is 0 Å². The van der Waals surface area contributed by atoms with Crippen molar-refractivity contribution in [3.8, 4) is 5.75 Å². The number of halogens is 1. The Morgan fingerprint density at radius 3 is 2.23 bits per heavy atom. The molecule has 0 saturated carbocycles. The van der Waals surface area contributed by atoms with Crippen LogP contribution < -0.4 is 10.1 Å². The molecule has 0 fully saturated rings. The molecule has 3 aromatic rings. The maximum atomic E-state index is 12.8. The number of benzene rings is 3. The second-order valence-corrected chi connectivity index (χ2v) is 7.08. The van der Waals surface area contributed by atoms with Crippen LogP contribution in [-0.2, 0) is 4.79 Å². The quantitative estimate of drug-likeness (QED) is 0.373. The Labute approximate surface area is 180 Å². The summed E-state index contributed by atoms with van der Waals surface area (Å²) in [6.07, 6.45) is 0. The van der Waals surface area contributed by atoms with Crippen molar-refractivity contribution in [2.75, 3.05) is 11.9 Å².